The average Bonchev–Trinajstić information content (AvgIpc) is 2.43. The second kappa shape index (κ2) is 8.43. The molecule has 0 fully saturated rings. The van der Waals surface area contributed by atoms with Gasteiger partial charge in [0.15, 0.2) is 0 Å². The van der Waals surface area contributed by atoms with Crippen molar-refractivity contribution in [2.75, 3.05) is 20.8 Å². The Morgan fingerprint density at radius 1 is 1.35 bits per heavy atom. The molecule has 112 valence electrons. The zero-order chi connectivity index (χ0) is 15.0. The van der Waals surface area contributed by atoms with Crippen molar-refractivity contribution >= 4 is 5.97 Å². The monoisotopic (exact) mass is 281 g/mol. The van der Waals surface area contributed by atoms with Crippen LogP contribution >= 0.6 is 0 Å². The molecule has 2 N–H and O–H groups in total. The molecule has 1 aromatic carbocycles. The standard InChI is InChI=1S/C15H23NO4/c1-11(16)9-12-10-13(18-2)6-7-14(12)20-8-4-5-15(17)19-3/h6-7,10-11H,4-5,8-9,16H2,1-3H3. The number of ether oxygens (including phenoxy) is 3. The van der Waals surface area contributed by atoms with Crippen molar-refractivity contribution in [3.63, 3.8) is 0 Å². The third-order valence-electron chi connectivity index (χ3n) is 2.82. The lowest BCUT2D eigenvalue weighted by molar-refractivity contribution is -0.140. The molecule has 0 bridgehead atoms. The smallest absolute Gasteiger partial charge is 0.305 e. The van der Waals surface area contributed by atoms with Gasteiger partial charge in [-0.15, -0.1) is 0 Å². The average molecular weight is 281 g/mol. The van der Waals surface area contributed by atoms with E-state index in [4.69, 9.17) is 15.2 Å². The van der Waals surface area contributed by atoms with Gasteiger partial charge in [-0.3, -0.25) is 4.79 Å². The molecule has 0 radical (unpaired) electrons. The van der Waals surface area contributed by atoms with Crippen molar-refractivity contribution in [3.05, 3.63) is 23.8 Å². The number of rotatable bonds is 8. The predicted molar refractivity (Wildman–Crippen MR) is 77.1 cm³/mol. The van der Waals surface area contributed by atoms with Crippen LogP contribution in [0.1, 0.15) is 25.3 Å². The van der Waals surface area contributed by atoms with E-state index in [1.54, 1.807) is 7.11 Å². The van der Waals surface area contributed by atoms with Gasteiger partial charge in [0.2, 0.25) is 0 Å². The van der Waals surface area contributed by atoms with Crippen LogP contribution in [-0.2, 0) is 16.0 Å². The third-order valence-corrected chi connectivity index (χ3v) is 2.82. The molecular weight excluding hydrogens is 258 g/mol. The summed E-state index contributed by atoms with van der Waals surface area (Å²) in [5.74, 6) is 1.34. The Hall–Kier alpha value is -1.75. The highest BCUT2D eigenvalue weighted by Gasteiger charge is 2.09. The molecule has 1 rings (SSSR count). The van der Waals surface area contributed by atoms with Crippen LogP contribution in [0.15, 0.2) is 18.2 Å². The van der Waals surface area contributed by atoms with Gasteiger partial charge in [0.05, 0.1) is 20.8 Å². The summed E-state index contributed by atoms with van der Waals surface area (Å²) in [6.45, 7) is 2.41. The molecule has 0 aromatic heterocycles. The van der Waals surface area contributed by atoms with Crippen molar-refractivity contribution in [1.82, 2.24) is 0 Å². The van der Waals surface area contributed by atoms with E-state index in [0.29, 0.717) is 25.9 Å². The molecule has 1 unspecified atom stereocenters. The number of methoxy groups -OCH3 is 2. The fourth-order valence-corrected chi connectivity index (χ4v) is 1.83. The first-order chi connectivity index (χ1) is 9.56. The Morgan fingerprint density at radius 3 is 2.70 bits per heavy atom. The van der Waals surface area contributed by atoms with Gasteiger partial charge in [-0.2, -0.15) is 0 Å². The minimum absolute atomic E-state index is 0.0412. The number of hydrogen-bond acceptors (Lipinski definition) is 5. The number of hydrogen-bond donors (Lipinski definition) is 1. The number of carbonyl (C=O) groups excluding carboxylic acids is 1. The molecule has 0 aliphatic heterocycles. The Bertz CT molecular complexity index is 432. The van der Waals surface area contributed by atoms with E-state index in [-0.39, 0.29) is 12.0 Å². The lowest BCUT2D eigenvalue weighted by Gasteiger charge is -2.14. The summed E-state index contributed by atoms with van der Waals surface area (Å²) in [6.07, 6.45) is 1.69. The fraction of sp³-hybridized carbons (Fsp3) is 0.533. The molecule has 5 heteroatoms. The second-order valence-electron chi connectivity index (χ2n) is 4.68. The van der Waals surface area contributed by atoms with Gasteiger partial charge in [0.1, 0.15) is 11.5 Å². The van der Waals surface area contributed by atoms with Crippen molar-refractivity contribution < 1.29 is 19.0 Å². The van der Waals surface area contributed by atoms with E-state index in [9.17, 15) is 4.79 Å². The van der Waals surface area contributed by atoms with Crippen LogP contribution in [0.25, 0.3) is 0 Å². The Kier molecular flexibility index (Phi) is 6.87. The molecule has 20 heavy (non-hydrogen) atoms. The first-order valence-corrected chi connectivity index (χ1v) is 6.69. The van der Waals surface area contributed by atoms with Crippen LogP contribution in [0.2, 0.25) is 0 Å². The van der Waals surface area contributed by atoms with Gasteiger partial charge in [0, 0.05) is 12.5 Å². The maximum absolute atomic E-state index is 11.0. The number of esters is 1. The van der Waals surface area contributed by atoms with Crippen LogP contribution in [-0.4, -0.2) is 32.8 Å². The van der Waals surface area contributed by atoms with Crippen LogP contribution in [0.5, 0.6) is 11.5 Å². The first-order valence-electron chi connectivity index (χ1n) is 6.69. The van der Waals surface area contributed by atoms with E-state index in [0.717, 1.165) is 17.1 Å². The fourth-order valence-electron chi connectivity index (χ4n) is 1.83. The molecule has 0 saturated heterocycles. The Morgan fingerprint density at radius 2 is 2.10 bits per heavy atom. The largest absolute Gasteiger partial charge is 0.497 e. The molecule has 1 aromatic rings. The summed E-state index contributed by atoms with van der Waals surface area (Å²) in [7, 11) is 3.01. The van der Waals surface area contributed by atoms with Crippen LogP contribution in [0, 0.1) is 0 Å². The van der Waals surface area contributed by atoms with Crippen LogP contribution in [0.4, 0.5) is 0 Å². The minimum atomic E-state index is -0.223. The quantitative estimate of drug-likeness (QED) is 0.582. The van der Waals surface area contributed by atoms with Crippen molar-refractivity contribution in [3.8, 4) is 11.5 Å². The summed E-state index contributed by atoms with van der Waals surface area (Å²) >= 11 is 0. The Balaban J connectivity index is 2.61. The summed E-state index contributed by atoms with van der Waals surface area (Å²) in [5, 5.41) is 0. The molecule has 0 saturated carbocycles. The molecule has 0 amide bonds. The van der Waals surface area contributed by atoms with E-state index in [1.165, 1.54) is 7.11 Å². The SMILES string of the molecule is COC(=O)CCCOc1ccc(OC)cc1CC(C)N. The summed E-state index contributed by atoms with van der Waals surface area (Å²) in [6, 6.07) is 5.69. The first kappa shape index (κ1) is 16.3. The molecule has 5 nitrogen and oxygen atoms in total. The van der Waals surface area contributed by atoms with Gasteiger partial charge < -0.3 is 19.9 Å². The van der Waals surface area contributed by atoms with E-state index in [1.807, 2.05) is 25.1 Å². The lowest BCUT2D eigenvalue weighted by Crippen LogP contribution is -2.18. The zero-order valence-electron chi connectivity index (χ0n) is 12.3. The van der Waals surface area contributed by atoms with Gasteiger partial charge >= 0.3 is 5.97 Å². The third kappa shape index (κ3) is 5.48. The normalized spacial score (nSPS) is 11.8. The maximum atomic E-state index is 11.0. The predicted octanol–water partition coefficient (Wildman–Crippen LogP) is 1.92. The number of carbonyl (C=O) groups is 1. The van der Waals surface area contributed by atoms with Crippen molar-refractivity contribution in [2.45, 2.75) is 32.2 Å². The number of nitrogens with two attached hydrogens (primary N) is 1. The molecule has 0 aliphatic carbocycles. The molecule has 1 atom stereocenters. The summed E-state index contributed by atoms with van der Waals surface area (Å²) in [4.78, 5) is 11.0. The number of benzene rings is 1. The van der Waals surface area contributed by atoms with E-state index < -0.39 is 0 Å². The van der Waals surface area contributed by atoms with Crippen molar-refractivity contribution in [2.24, 2.45) is 5.73 Å². The van der Waals surface area contributed by atoms with Crippen LogP contribution < -0.4 is 15.2 Å². The van der Waals surface area contributed by atoms with Gasteiger partial charge in [0.25, 0.3) is 0 Å². The van der Waals surface area contributed by atoms with E-state index >= 15 is 0 Å². The summed E-state index contributed by atoms with van der Waals surface area (Å²) in [5.41, 5.74) is 6.85. The lowest BCUT2D eigenvalue weighted by atomic mass is 10.1. The van der Waals surface area contributed by atoms with Gasteiger partial charge in [-0.25, -0.2) is 0 Å². The molecule has 0 spiro atoms. The second-order valence-corrected chi connectivity index (χ2v) is 4.68. The topological polar surface area (TPSA) is 70.8 Å². The van der Waals surface area contributed by atoms with Crippen LogP contribution in [0.3, 0.4) is 0 Å². The molecule has 0 aliphatic rings. The zero-order valence-corrected chi connectivity index (χ0v) is 12.3. The van der Waals surface area contributed by atoms with Gasteiger partial charge in [-0.05, 0) is 43.5 Å². The van der Waals surface area contributed by atoms with Crippen molar-refractivity contribution in [1.29, 1.82) is 0 Å². The Labute approximate surface area is 120 Å². The van der Waals surface area contributed by atoms with Gasteiger partial charge in [-0.1, -0.05) is 0 Å². The highest BCUT2D eigenvalue weighted by molar-refractivity contribution is 5.69. The van der Waals surface area contributed by atoms with E-state index in [2.05, 4.69) is 4.74 Å². The molecule has 0 heterocycles. The highest BCUT2D eigenvalue weighted by Crippen LogP contribution is 2.25. The maximum Gasteiger partial charge on any atom is 0.305 e. The highest BCUT2D eigenvalue weighted by atomic mass is 16.5. The minimum Gasteiger partial charge on any atom is -0.497 e. The summed E-state index contributed by atoms with van der Waals surface area (Å²) < 4.78 is 15.5. The molecular formula is C15H23NO4.